The van der Waals surface area contributed by atoms with E-state index in [4.69, 9.17) is 0 Å². The van der Waals surface area contributed by atoms with E-state index in [2.05, 4.69) is 22.4 Å². The Labute approximate surface area is 148 Å². The van der Waals surface area contributed by atoms with E-state index < -0.39 is 0 Å². The molecule has 2 amide bonds. The Hall–Kier alpha value is -2.40. The molecule has 0 saturated heterocycles. The predicted molar refractivity (Wildman–Crippen MR) is 98.0 cm³/mol. The van der Waals surface area contributed by atoms with Crippen molar-refractivity contribution < 1.29 is 9.90 Å². The van der Waals surface area contributed by atoms with Gasteiger partial charge in [-0.15, -0.1) is 0 Å². The fourth-order valence-electron chi connectivity index (χ4n) is 3.01. The number of nitrogens with one attached hydrogen (secondary N) is 1. The largest absolute Gasteiger partial charge is 0.396 e. The van der Waals surface area contributed by atoms with Crippen molar-refractivity contribution in [2.24, 2.45) is 5.41 Å². The molecular weight excluding hydrogens is 314 g/mol. The Morgan fingerprint density at radius 3 is 2.36 bits per heavy atom. The number of carbonyl (C=O) groups excluding carboxylic acids is 1. The summed E-state index contributed by atoms with van der Waals surface area (Å²) < 4.78 is 0. The number of hydrogen-bond acceptors (Lipinski definition) is 3. The van der Waals surface area contributed by atoms with Crippen LogP contribution in [0.5, 0.6) is 0 Å². The Bertz CT molecular complexity index is 711. The summed E-state index contributed by atoms with van der Waals surface area (Å²) >= 11 is 0. The van der Waals surface area contributed by atoms with Crippen LogP contribution >= 0.6 is 0 Å². The lowest BCUT2D eigenvalue weighted by molar-refractivity contribution is 0.160. The van der Waals surface area contributed by atoms with Crippen molar-refractivity contribution in [1.82, 2.24) is 15.2 Å². The second-order valence-corrected chi connectivity index (χ2v) is 7.04. The van der Waals surface area contributed by atoms with Gasteiger partial charge in [-0.3, -0.25) is 4.98 Å². The van der Waals surface area contributed by atoms with E-state index in [0.717, 1.165) is 29.5 Å². The van der Waals surface area contributed by atoms with Crippen LogP contribution in [0.25, 0.3) is 11.1 Å². The number of nitrogens with zero attached hydrogens (tertiary/aromatic N) is 2. The van der Waals surface area contributed by atoms with Crippen LogP contribution in [0.4, 0.5) is 4.79 Å². The molecule has 1 aromatic heterocycles. The van der Waals surface area contributed by atoms with E-state index >= 15 is 0 Å². The van der Waals surface area contributed by atoms with E-state index in [0.29, 0.717) is 6.54 Å². The molecule has 5 nitrogen and oxygen atoms in total. The normalized spacial score (nSPS) is 16.1. The third-order valence-corrected chi connectivity index (χ3v) is 4.98. The van der Waals surface area contributed by atoms with Gasteiger partial charge >= 0.3 is 6.03 Å². The maximum Gasteiger partial charge on any atom is 0.317 e. The molecule has 1 unspecified atom stereocenters. The average molecular weight is 339 g/mol. The molecule has 1 fully saturated rings. The first-order chi connectivity index (χ1) is 12.0. The molecule has 2 N–H and O–H groups in total. The Kier molecular flexibility index (Phi) is 5.04. The quantitative estimate of drug-likeness (QED) is 0.849. The fourth-order valence-corrected chi connectivity index (χ4v) is 3.01. The molecule has 0 spiro atoms. The van der Waals surface area contributed by atoms with Crippen LogP contribution in [0.15, 0.2) is 48.8 Å². The van der Waals surface area contributed by atoms with Crippen molar-refractivity contribution in [1.29, 1.82) is 0 Å². The van der Waals surface area contributed by atoms with Crippen molar-refractivity contribution in [3.8, 4) is 11.1 Å². The average Bonchev–Trinajstić information content (AvgIpc) is 3.42. The number of aliphatic hydroxyl groups excluding tert-OH is 1. The Balaban J connectivity index is 1.59. The van der Waals surface area contributed by atoms with Gasteiger partial charge in [0, 0.05) is 31.4 Å². The molecule has 1 aromatic carbocycles. The highest BCUT2D eigenvalue weighted by Crippen LogP contribution is 2.45. The van der Waals surface area contributed by atoms with Gasteiger partial charge in [-0.1, -0.05) is 24.3 Å². The number of aromatic nitrogens is 1. The van der Waals surface area contributed by atoms with E-state index in [9.17, 15) is 9.90 Å². The highest BCUT2D eigenvalue weighted by atomic mass is 16.3. The van der Waals surface area contributed by atoms with E-state index in [1.165, 1.54) is 0 Å². The van der Waals surface area contributed by atoms with Gasteiger partial charge < -0.3 is 15.3 Å². The minimum Gasteiger partial charge on any atom is -0.396 e. The summed E-state index contributed by atoms with van der Waals surface area (Å²) in [6.07, 6.45) is 5.54. The smallest absolute Gasteiger partial charge is 0.317 e. The van der Waals surface area contributed by atoms with Gasteiger partial charge in [0.05, 0.1) is 12.6 Å². The summed E-state index contributed by atoms with van der Waals surface area (Å²) in [4.78, 5) is 18.1. The van der Waals surface area contributed by atoms with Crippen LogP contribution in [0.1, 0.15) is 31.4 Å². The predicted octanol–water partition coefficient (Wildman–Crippen LogP) is 3.22. The van der Waals surface area contributed by atoms with Crippen LogP contribution in [0.3, 0.4) is 0 Å². The van der Waals surface area contributed by atoms with Crippen LogP contribution in [0.2, 0.25) is 0 Å². The first-order valence-corrected chi connectivity index (χ1v) is 8.66. The molecule has 2 aromatic rings. The number of urea groups is 1. The molecule has 0 radical (unpaired) electrons. The minimum atomic E-state index is -0.106. The van der Waals surface area contributed by atoms with Crippen molar-refractivity contribution >= 4 is 6.03 Å². The summed E-state index contributed by atoms with van der Waals surface area (Å²) in [5.41, 5.74) is 3.24. The van der Waals surface area contributed by atoms with Crippen molar-refractivity contribution in [2.45, 2.75) is 25.8 Å². The molecule has 0 aliphatic heterocycles. The highest BCUT2D eigenvalue weighted by molar-refractivity contribution is 5.74. The molecule has 25 heavy (non-hydrogen) atoms. The second kappa shape index (κ2) is 7.23. The van der Waals surface area contributed by atoms with E-state index in [1.54, 1.807) is 24.3 Å². The molecule has 1 atom stereocenters. The van der Waals surface area contributed by atoms with Gasteiger partial charge in [0.15, 0.2) is 0 Å². The molecule has 1 aliphatic rings. The highest BCUT2D eigenvalue weighted by Gasteiger charge is 2.43. The zero-order valence-electron chi connectivity index (χ0n) is 14.8. The summed E-state index contributed by atoms with van der Waals surface area (Å²) in [6, 6.07) is 12.0. The SMILES string of the molecule is CC(NC(=O)N(C)CC1(CO)CC1)c1ccc(-c2ccncc2)cc1. The summed E-state index contributed by atoms with van der Waals surface area (Å²) in [6.45, 7) is 2.73. The summed E-state index contributed by atoms with van der Waals surface area (Å²) in [5, 5.41) is 12.4. The lowest BCUT2D eigenvalue weighted by Gasteiger charge is -2.25. The number of amides is 2. The minimum absolute atomic E-state index is 0.0679. The van der Waals surface area contributed by atoms with Gasteiger partial charge in [-0.2, -0.15) is 0 Å². The number of hydrogen-bond donors (Lipinski definition) is 2. The molecule has 1 heterocycles. The monoisotopic (exact) mass is 339 g/mol. The third kappa shape index (κ3) is 4.17. The van der Waals surface area contributed by atoms with Gasteiger partial charge in [-0.25, -0.2) is 4.79 Å². The molecular formula is C20H25N3O2. The van der Waals surface area contributed by atoms with Gasteiger partial charge in [0.2, 0.25) is 0 Å². The molecule has 3 rings (SSSR count). The zero-order valence-corrected chi connectivity index (χ0v) is 14.8. The van der Waals surface area contributed by atoms with Crippen LogP contribution in [0, 0.1) is 5.41 Å². The number of aliphatic hydroxyl groups is 1. The maximum absolute atomic E-state index is 12.4. The van der Waals surface area contributed by atoms with Crippen LogP contribution in [-0.2, 0) is 0 Å². The van der Waals surface area contributed by atoms with Gasteiger partial charge in [0.25, 0.3) is 0 Å². The Morgan fingerprint density at radius 1 is 1.20 bits per heavy atom. The maximum atomic E-state index is 12.4. The summed E-state index contributed by atoms with van der Waals surface area (Å²) in [5.74, 6) is 0. The van der Waals surface area contributed by atoms with Crippen molar-refractivity contribution in [2.75, 3.05) is 20.2 Å². The van der Waals surface area contributed by atoms with Crippen molar-refractivity contribution in [3.05, 3.63) is 54.4 Å². The topological polar surface area (TPSA) is 65.5 Å². The molecule has 1 saturated carbocycles. The lowest BCUT2D eigenvalue weighted by Crippen LogP contribution is -2.42. The van der Waals surface area contributed by atoms with Crippen LogP contribution in [-0.4, -0.2) is 41.2 Å². The first kappa shape index (κ1) is 17.4. The van der Waals surface area contributed by atoms with E-state index in [-0.39, 0.29) is 24.1 Å². The number of pyridine rings is 1. The molecule has 132 valence electrons. The molecule has 5 heteroatoms. The second-order valence-electron chi connectivity index (χ2n) is 7.04. The lowest BCUT2D eigenvalue weighted by atomic mass is 10.0. The van der Waals surface area contributed by atoms with E-state index in [1.807, 2.05) is 31.2 Å². The molecule has 0 bridgehead atoms. The van der Waals surface area contributed by atoms with Gasteiger partial charge in [-0.05, 0) is 48.6 Å². The Morgan fingerprint density at radius 2 is 1.80 bits per heavy atom. The first-order valence-electron chi connectivity index (χ1n) is 8.66. The number of rotatable bonds is 6. The third-order valence-electron chi connectivity index (χ3n) is 4.98. The zero-order chi connectivity index (χ0) is 17.9. The number of benzene rings is 1. The number of carbonyl (C=O) groups is 1. The standard InChI is InChI=1S/C20H25N3O2/c1-15(22-19(25)23(2)13-20(14-24)9-10-20)16-3-5-17(6-4-16)18-7-11-21-12-8-18/h3-8,11-12,15,24H,9-10,13-14H2,1-2H3,(H,22,25). The van der Waals surface area contributed by atoms with Crippen LogP contribution < -0.4 is 5.32 Å². The molecule has 1 aliphatic carbocycles. The summed E-state index contributed by atoms with van der Waals surface area (Å²) in [7, 11) is 1.78. The fraction of sp³-hybridized carbons (Fsp3) is 0.400. The van der Waals surface area contributed by atoms with Gasteiger partial charge in [0.1, 0.15) is 0 Å². The van der Waals surface area contributed by atoms with Crippen molar-refractivity contribution in [3.63, 3.8) is 0 Å².